The number of azo groups is 1. The third kappa shape index (κ3) is 3.64. The summed E-state index contributed by atoms with van der Waals surface area (Å²) in [5.41, 5.74) is 1.36. The van der Waals surface area contributed by atoms with Gasteiger partial charge in [-0.3, -0.25) is 9.99 Å². The van der Waals surface area contributed by atoms with Gasteiger partial charge in [-0.1, -0.05) is 60.7 Å². The standard InChI is InChI=1S/C24H18F3N5/c25-24(26,27)20-12-7-13-28-22(20)19-14-21-30-29-16-32(21)31(15-19)23(17-8-3-1-4-9-17)18-10-5-2-6-11-18/h1-15,23H,16H2. The summed E-state index contributed by atoms with van der Waals surface area (Å²) in [5.74, 6) is 0.470. The number of hydrogen-bond donors (Lipinski definition) is 0. The zero-order valence-electron chi connectivity index (χ0n) is 16.8. The van der Waals surface area contributed by atoms with Crippen LogP contribution in [0.4, 0.5) is 13.2 Å². The van der Waals surface area contributed by atoms with Crippen LogP contribution in [0.3, 0.4) is 0 Å². The van der Waals surface area contributed by atoms with Gasteiger partial charge in [0.05, 0.1) is 11.3 Å². The first-order valence-electron chi connectivity index (χ1n) is 10.0. The van der Waals surface area contributed by atoms with Gasteiger partial charge < -0.3 is 0 Å². The topological polar surface area (TPSA) is 44.1 Å². The SMILES string of the molecule is FC(F)(F)c1cccnc1C1=CN(C(c2ccccc2)c2ccccc2)N2CN=NC2=C1. The Bertz CT molecular complexity index is 1160. The van der Waals surface area contributed by atoms with Crippen LogP contribution < -0.4 is 0 Å². The van der Waals surface area contributed by atoms with E-state index >= 15 is 0 Å². The van der Waals surface area contributed by atoms with Crippen molar-refractivity contribution in [1.82, 2.24) is 15.0 Å². The highest BCUT2D eigenvalue weighted by Gasteiger charge is 2.37. The van der Waals surface area contributed by atoms with Gasteiger partial charge in [-0.15, -0.1) is 5.11 Å². The first-order valence-corrected chi connectivity index (χ1v) is 10.0. The number of pyridine rings is 1. The Morgan fingerprint density at radius 3 is 2.12 bits per heavy atom. The zero-order valence-corrected chi connectivity index (χ0v) is 16.8. The van der Waals surface area contributed by atoms with Crippen LogP contribution in [0.5, 0.6) is 0 Å². The van der Waals surface area contributed by atoms with Gasteiger partial charge in [0, 0.05) is 18.0 Å². The molecular formula is C24H18F3N5. The molecule has 0 saturated heterocycles. The molecule has 0 atom stereocenters. The van der Waals surface area contributed by atoms with E-state index in [-0.39, 0.29) is 18.4 Å². The van der Waals surface area contributed by atoms with Gasteiger partial charge in [0.2, 0.25) is 0 Å². The summed E-state index contributed by atoms with van der Waals surface area (Å²) < 4.78 is 41.1. The molecule has 0 N–H and O–H groups in total. The van der Waals surface area contributed by atoms with Gasteiger partial charge in [0.15, 0.2) is 12.5 Å². The highest BCUT2D eigenvalue weighted by atomic mass is 19.4. The number of benzene rings is 2. The monoisotopic (exact) mass is 433 g/mol. The van der Waals surface area contributed by atoms with Crippen molar-refractivity contribution in [2.75, 3.05) is 6.67 Å². The predicted molar refractivity (Wildman–Crippen MR) is 113 cm³/mol. The van der Waals surface area contributed by atoms with Crippen LogP contribution in [-0.4, -0.2) is 21.7 Å². The van der Waals surface area contributed by atoms with Crippen molar-refractivity contribution in [3.05, 3.63) is 119 Å². The molecular weight excluding hydrogens is 415 g/mol. The van der Waals surface area contributed by atoms with E-state index in [4.69, 9.17) is 0 Å². The van der Waals surface area contributed by atoms with Crippen molar-refractivity contribution in [2.24, 2.45) is 10.2 Å². The molecule has 2 aliphatic rings. The molecule has 2 aromatic carbocycles. The largest absolute Gasteiger partial charge is 0.418 e. The van der Waals surface area contributed by atoms with Crippen molar-refractivity contribution in [3.8, 4) is 0 Å². The molecule has 5 nitrogen and oxygen atoms in total. The summed E-state index contributed by atoms with van der Waals surface area (Å²) in [6.45, 7) is 0.278. The Morgan fingerprint density at radius 1 is 0.844 bits per heavy atom. The van der Waals surface area contributed by atoms with Gasteiger partial charge in [-0.05, 0) is 29.3 Å². The van der Waals surface area contributed by atoms with E-state index in [0.717, 1.165) is 17.2 Å². The highest BCUT2D eigenvalue weighted by Crippen LogP contribution is 2.40. The van der Waals surface area contributed by atoms with Crippen LogP contribution >= 0.6 is 0 Å². The normalized spacial score (nSPS) is 15.6. The number of aromatic nitrogens is 1. The molecule has 0 saturated carbocycles. The molecule has 0 unspecified atom stereocenters. The quantitative estimate of drug-likeness (QED) is 0.505. The van der Waals surface area contributed by atoms with Crippen LogP contribution in [0, 0.1) is 0 Å². The van der Waals surface area contributed by atoms with Crippen molar-refractivity contribution < 1.29 is 13.2 Å². The van der Waals surface area contributed by atoms with Gasteiger partial charge in [-0.25, -0.2) is 5.01 Å². The number of fused-ring (bicyclic) bond motifs is 1. The molecule has 5 rings (SSSR count). The molecule has 3 heterocycles. The molecule has 0 aliphatic carbocycles. The Hall–Kier alpha value is -3.94. The van der Waals surface area contributed by atoms with E-state index in [1.165, 1.54) is 12.3 Å². The minimum atomic E-state index is -4.53. The van der Waals surface area contributed by atoms with E-state index in [1.807, 2.05) is 70.7 Å². The Balaban J connectivity index is 1.68. The fraction of sp³-hybridized carbons (Fsp3) is 0.125. The third-order valence-electron chi connectivity index (χ3n) is 5.35. The maximum absolute atomic E-state index is 13.7. The smallest absolute Gasteiger partial charge is 0.277 e. The summed E-state index contributed by atoms with van der Waals surface area (Å²) in [6.07, 6.45) is 0.128. The van der Waals surface area contributed by atoms with E-state index in [0.29, 0.717) is 11.4 Å². The second-order valence-electron chi connectivity index (χ2n) is 7.37. The highest BCUT2D eigenvalue weighted by molar-refractivity contribution is 5.75. The Labute approximate surface area is 182 Å². The molecule has 0 fully saturated rings. The molecule has 0 radical (unpaired) electrons. The average molecular weight is 433 g/mol. The van der Waals surface area contributed by atoms with Crippen LogP contribution in [0.2, 0.25) is 0 Å². The number of hydrazine groups is 1. The number of halogens is 3. The van der Waals surface area contributed by atoms with Crippen molar-refractivity contribution in [2.45, 2.75) is 12.2 Å². The molecule has 2 aliphatic heterocycles. The number of alkyl halides is 3. The zero-order chi connectivity index (χ0) is 22.1. The summed E-state index contributed by atoms with van der Waals surface area (Å²) in [6, 6.07) is 21.6. The lowest BCUT2D eigenvalue weighted by atomic mass is 9.97. The van der Waals surface area contributed by atoms with Crippen molar-refractivity contribution in [3.63, 3.8) is 0 Å². The van der Waals surface area contributed by atoms with Gasteiger partial charge >= 0.3 is 6.18 Å². The molecule has 8 heteroatoms. The lowest BCUT2D eigenvalue weighted by molar-refractivity contribution is -0.138. The molecule has 0 bridgehead atoms. The van der Waals surface area contributed by atoms with Crippen LogP contribution in [0.25, 0.3) is 5.57 Å². The van der Waals surface area contributed by atoms with Gasteiger partial charge in [-0.2, -0.15) is 18.3 Å². The predicted octanol–water partition coefficient (Wildman–Crippen LogP) is 6.03. The van der Waals surface area contributed by atoms with Crippen LogP contribution in [-0.2, 0) is 6.18 Å². The maximum Gasteiger partial charge on any atom is 0.418 e. The number of rotatable bonds is 4. The Kier molecular flexibility index (Phi) is 4.97. The minimum absolute atomic E-state index is 0.140. The van der Waals surface area contributed by atoms with E-state index in [2.05, 4.69) is 15.2 Å². The summed E-state index contributed by atoms with van der Waals surface area (Å²) in [5, 5.41) is 12.0. The fourth-order valence-corrected chi connectivity index (χ4v) is 3.95. The van der Waals surface area contributed by atoms with E-state index < -0.39 is 11.7 Å². The van der Waals surface area contributed by atoms with Crippen LogP contribution in [0.15, 0.2) is 107 Å². The molecule has 32 heavy (non-hydrogen) atoms. The first kappa shape index (κ1) is 20.0. The average Bonchev–Trinajstić information content (AvgIpc) is 3.29. The Morgan fingerprint density at radius 2 is 1.50 bits per heavy atom. The molecule has 1 aromatic heterocycles. The third-order valence-corrected chi connectivity index (χ3v) is 5.35. The molecule has 160 valence electrons. The minimum Gasteiger partial charge on any atom is -0.277 e. The summed E-state index contributed by atoms with van der Waals surface area (Å²) in [7, 11) is 0. The van der Waals surface area contributed by atoms with Gasteiger partial charge in [0.1, 0.15) is 6.04 Å². The number of allylic oxidation sites excluding steroid dienone is 2. The lowest BCUT2D eigenvalue weighted by Crippen LogP contribution is -2.41. The molecule has 0 spiro atoms. The first-order chi connectivity index (χ1) is 15.5. The summed E-state index contributed by atoms with van der Waals surface area (Å²) >= 11 is 0. The fourth-order valence-electron chi connectivity index (χ4n) is 3.95. The molecule has 3 aromatic rings. The van der Waals surface area contributed by atoms with E-state index in [1.54, 1.807) is 12.3 Å². The number of nitrogens with zero attached hydrogens (tertiary/aromatic N) is 5. The van der Waals surface area contributed by atoms with Crippen molar-refractivity contribution in [1.29, 1.82) is 0 Å². The van der Waals surface area contributed by atoms with Crippen LogP contribution in [0.1, 0.15) is 28.4 Å². The van der Waals surface area contributed by atoms with Crippen molar-refractivity contribution >= 4 is 5.57 Å². The second kappa shape index (κ2) is 7.96. The molecule has 0 amide bonds. The summed E-state index contributed by atoms with van der Waals surface area (Å²) in [4.78, 5) is 4.07. The van der Waals surface area contributed by atoms with Gasteiger partial charge in [0.25, 0.3) is 0 Å². The lowest BCUT2D eigenvalue weighted by Gasteiger charge is -2.40. The second-order valence-corrected chi connectivity index (χ2v) is 7.37. The maximum atomic E-state index is 13.7. The number of hydrogen-bond acceptors (Lipinski definition) is 5. The van der Waals surface area contributed by atoms with E-state index in [9.17, 15) is 13.2 Å².